The van der Waals surface area contributed by atoms with E-state index in [0.29, 0.717) is 18.7 Å². The zero-order chi connectivity index (χ0) is 16.4. The zero-order valence-corrected chi connectivity index (χ0v) is 12.4. The van der Waals surface area contributed by atoms with Crippen LogP contribution in [0, 0.1) is 12.4 Å². The summed E-state index contributed by atoms with van der Waals surface area (Å²) < 4.78 is 19.3. The van der Waals surface area contributed by atoms with Gasteiger partial charge >= 0.3 is 0 Å². The molecule has 0 saturated carbocycles. The van der Waals surface area contributed by atoms with Crippen LogP contribution in [0.3, 0.4) is 0 Å². The molecule has 5 heteroatoms. The second kappa shape index (κ2) is 5.82. The van der Waals surface area contributed by atoms with Gasteiger partial charge in [-0.2, -0.15) is 0 Å². The van der Waals surface area contributed by atoms with E-state index in [2.05, 4.69) is 4.85 Å². The topological polar surface area (TPSA) is 56.7 Å². The van der Waals surface area contributed by atoms with Crippen LogP contribution >= 0.6 is 0 Å². The van der Waals surface area contributed by atoms with Gasteiger partial charge in [0.25, 0.3) is 0 Å². The number of halogens is 1. The summed E-state index contributed by atoms with van der Waals surface area (Å²) in [6, 6.07) is 11.4. The first-order chi connectivity index (χ1) is 11.0. The SMILES string of the molecule is [C-]#[N+]c1ccc2c(c1)COC2(CCC(N)=O)c1ccc(F)cc1. The molecule has 4 nitrogen and oxygen atoms in total. The number of amides is 1. The van der Waals surface area contributed by atoms with E-state index in [-0.39, 0.29) is 12.2 Å². The van der Waals surface area contributed by atoms with Gasteiger partial charge in [0.1, 0.15) is 11.4 Å². The minimum Gasteiger partial charge on any atom is -0.370 e. The Labute approximate surface area is 133 Å². The minimum absolute atomic E-state index is 0.154. The number of fused-ring (bicyclic) bond motifs is 1. The third-order valence-electron chi connectivity index (χ3n) is 4.16. The van der Waals surface area contributed by atoms with Crippen molar-refractivity contribution in [2.45, 2.75) is 25.0 Å². The number of nitrogens with two attached hydrogens (primary N) is 1. The van der Waals surface area contributed by atoms with Gasteiger partial charge in [0.15, 0.2) is 5.69 Å². The summed E-state index contributed by atoms with van der Waals surface area (Å²) in [7, 11) is 0. The van der Waals surface area contributed by atoms with Gasteiger partial charge in [-0.1, -0.05) is 30.3 Å². The fourth-order valence-corrected chi connectivity index (χ4v) is 3.05. The van der Waals surface area contributed by atoms with E-state index in [4.69, 9.17) is 17.0 Å². The monoisotopic (exact) mass is 310 g/mol. The second-order valence-electron chi connectivity index (χ2n) is 5.54. The molecule has 0 saturated heterocycles. The van der Waals surface area contributed by atoms with Gasteiger partial charge in [0, 0.05) is 6.42 Å². The number of carbonyl (C=O) groups is 1. The van der Waals surface area contributed by atoms with Crippen molar-refractivity contribution in [2.24, 2.45) is 5.73 Å². The van der Waals surface area contributed by atoms with Crippen molar-refractivity contribution in [1.82, 2.24) is 0 Å². The number of primary amides is 1. The lowest BCUT2D eigenvalue weighted by Crippen LogP contribution is -2.29. The molecule has 23 heavy (non-hydrogen) atoms. The molecule has 0 bridgehead atoms. The van der Waals surface area contributed by atoms with Crippen LogP contribution in [0.15, 0.2) is 42.5 Å². The molecule has 0 aromatic heterocycles. The summed E-state index contributed by atoms with van der Waals surface area (Å²) in [5, 5.41) is 0. The lowest BCUT2D eigenvalue weighted by atomic mass is 9.82. The Morgan fingerprint density at radius 3 is 2.70 bits per heavy atom. The van der Waals surface area contributed by atoms with Crippen LogP contribution < -0.4 is 5.73 Å². The van der Waals surface area contributed by atoms with Crippen molar-refractivity contribution < 1.29 is 13.9 Å². The maximum Gasteiger partial charge on any atom is 0.217 e. The van der Waals surface area contributed by atoms with E-state index in [1.807, 2.05) is 6.07 Å². The molecule has 0 spiro atoms. The highest BCUT2D eigenvalue weighted by atomic mass is 19.1. The number of rotatable bonds is 4. The molecule has 1 heterocycles. The van der Waals surface area contributed by atoms with Crippen LogP contribution in [0.25, 0.3) is 4.85 Å². The summed E-state index contributed by atoms with van der Waals surface area (Å²) in [4.78, 5) is 14.7. The van der Waals surface area contributed by atoms with Crippen molar-refractivity contribution >= 4 is 11.6 Å². The average molecular weight is 310 g/mol. The Kier molecular flexibility index (Phi) is 3.85. The Hall–Kier alpha value is -2.71. The highest BCUT2D eigenvalue weighted by Crippen LogP contribution is 2.46. The Morgan fingerprint density at radius 1 is 1.30 bits per heavy atom. The van der Waals surface area contributed by atoms with Gasteiger partial charge in [-0.05, 0) is 35.2 Å². The number of nitrogens with zero attached hydrogens (tertiary/aromatic N) is 1. The third kappa shape index (κ3) is 2.69. The predicted octanol–water partition coefficient (Wildman–Crippen LogP) is 3.42. The molecular formula is C18H15FN2O2. The Bertz CT molecular complexity index is 796. The van der Waals surface area contributed by atoms with E-state index < -0.39 is 11.5 Å². The standard InChI is InChI=1S/C18H15FN2O2/c1-21-15-6-7-16-12(10-15)11-23-18(16,9-8-17(20)22)13-2-4-14(19)5-3-13/h2-7,10H,8-9,11H2,(H2,20,22). The summed E-state index contributed by atoms with van der Waals surface area (Å²) in [6.45, 7) is 7.45. The summed E-state index contributed by atoms with van der Waals surface area (Å²) >= 11 is 0. The molecule has 0 fully saturated rings. The molecule has 1 unspecified atom stereocenters. The molecule has 0 aliphatic carbocycles. The average Bonchev–Trinajstić information content (AvgIpc) is 2.92. The molecule has 3 rings (SSSR count). The lowest BCUT2D eigenvalue weighted by molar-refractivity contribution is -0.119. The number of hydrogen-bond acceptors (Lipinski definition) is 2. The van der Waals surface area contributed by atoms with Crippen LogP contribution in [0.5, 0.6) is 0 Å². The normalized spacial score (nSPS) is 19.1. The molecule has 2 N–H and O–H groups in total. The van der Waals surface area contributed by atoms with E-state index in [0.717, 1.165) is 16.7 Å². The van der Waals surface area contributed by atoms with E-state index >= 15 is 0 Å². The molecule has 1 amide bonds. The van der Waals surface area contributed by atoms with Crippen molar-refractivity contribution in [2.75, 3.05) is 0 Å². The summed E-state index contributed by atoms with van der Waals surface area (Å²) in [5.74, 6) is -0.748. The zero-order valence-electron chi connectivity index (χ0n) is 12.4. The van der Waals surface area contributed by atoms with E-state index in [1.54, 1.807) is 24.3 Å². The van der Waals surface area contributed by atoms with Gasteiger partial charge in [-0.15, -0.1) is 0 Å². The third-order valence-corrected chi connectivity index (χ3v) is 4.16. The first kappa shape index (κ1) is 15.2. The van der Waals surface area contributed by atoms with E-state index in [1.165, 1.54) is 12.1 Å². The first-order valence-corrected chi connectivity index (χ1v) is 7.24. The summed E-state index contributed by atoms with van der Waals surface area (Å²) in [6.07, 6.45) is 0.527. The largest absolute Gasteiger partial charge is 0.370 e. The minimum atomic E-state index is -0.835. The molecule has 1 atom stereocenters. The van der Waals surface area contributed by atoms with Gasteiger partial charge < -0.3 is 10.5 Å². The molecule has 2 aromatic rings. The quantitative estimate of drug-likeness (QED) is 0.880. The maximum atomic E-state index is 13.3. The van der Waals surface area contributed by atoms with Gasteiger partial charge in [0.2, 0.25) is 5.91 Å². The second-order valence-corrected chi connectivity index (χ2v) is 5.54. The lowest BCUT2D eigenvalue weighted by Gasteiger charge is -2.30. The fraction of sp³-hybridized carbons (Fsp3) is 0.222. The summed E-state index contributed by atoms with van der Waals surface area (Å²) in [5.41, 5.74) is 7.59. The molecule has 1 aliphatic heterocycles. The van der Waals surface area contributed by atoms with Crippen LogP contribution in [0.2, 0.25) is 0 Å². The first-order valence-electron chi connectivity index (χ1n) is 7.24. The number of benzene rings is 2. The van der Waals surface area contributed by atoms with Gasteiger partial charge in [0.05, 0.1) is 13.2 Å². The van der Waals surface area contributed by atoms with Crippen molar-refractivity contribution in [3.05, 3.63) is 76.4 Å². The molecule has 0 radical (unpaired) electrons. The molecule has 116 valence electrons. The molecule has 2 aromatic carbocycles. The Balaban J connectivity index is 2.10. The number of hydrogen-bond donors (Lipinski definition) is 1. The van der Waals surface area contributed by atoms with Crippen LogP contribution in [-0.2, 0) is 21.7 Å². The predicted molar refractivity (Wildman–Crippen MR) is 83.1 cm³/mol. The Morgan fingerprint density at radius 2 is 2.04 bits per heavy atom. The fourth-order valence-electron chi connectivity index (χ4n) is 3.05. The van der Waals surface area contributed by atoms with Gasteiger partial charge in [-0.25, -0.2) is 9.24 Å². The highest BCUT2D eigenvalue weighted by Gasteiger charge is 2.41. The smallest absolute Gasteiger partial charge is 0.217 e. The van der Waals surface area contributed by atoms with Crippen LogP contribution in [-0.4, -0.2) is 5.91 Å². The number of ether oxygens (including phenoxy) is 1. The maximum absolute atomic E-state index is 13.3. The van der Waals surface area contributed by atoms with Crippen LogP contribution in [0.4, 0.5) is 10.1 Å². The highest BCUT2D eigenvalue weighted by molar-refractivity contribution is 5.74. The van der Waals surface area contributed by atoms with Crippen molar-refractivity contribution in [1.29, 1.82) is 0 Å². The molecule has 1 aliphatic rings. The molecular weight excluding hydrogens is 295 g/mol. The van der Waals surface area contributed by atoms with Crippen molar-refractivity contribution in [3.63, 3.8) is 0 Å². The van der Waals surface area contributed by atoms with Crippen LogP contribution in [0.1, 0.15) is 29.5 Å². The van der Waals surface area contributed by atoms with Crippen molar-refractivity contribution in [3.8, 4) is 0 Å². The van der Waals surface area contributed by atoms with E-state index in [9.17, 15) is 9.18 Å². The van der Waals surface area contributed by atoms with Gasteiger partial charge in [-0.3, -0.25) is 4.79 Å². The number of carbonyl (C=O) groups excluding carboxylic acids is 1.